The van der Waals surface area contributed by atoms with Gasteiger partial charge in [0.1, 0.15) is 5.75 Å². The van der Waals surface area contributed by atoms with Crippen LogP contribution in [-0.4, -0.2) is 72.0 Å². The van der Waals surface area contributed by atoms with Gasteiger partial charge in [-0.2, -0.15) is 5.10 Å². The summed E-state index contributed by atoms with van der Waals surface area (Å²) < 4.78 is 7.43. The van der Waals surface area contributed by atoms with Gasteiger partial charge in [0.2, 0.25) is 0 Å². The van der Waals surface area contributed by atoms with Crippen LogP contribution in [0.1, 0.15) is 64.4 Å². The van der Waals surface area contributed by atoms with Gasteiger partial charge in [0.25, 0.3) is 0 Å². The summed E-state index contributed by atoms with van der Waals surface area (Å²) in [5, 5.41) is 4.72. The van der Waals surface area contributed by atoms with Gasteiger partial charge in [-0.05, 0) is 64.4 Å². The first-order valence-electron chi connectivity index (χ1n) is 13.5. The second-order valence-electron chi connectivity index (χ2n) is 8.72. The fraction of sp³-hybridized carbons (Fsp3) is 0.679. The van der Waals surface area contributed by atoms with Crippen LogP contribution < -0.4 is 9.64 Å². The van der Waals surface area contributed by atoms with Gasteiger partial charge in [0.05, 0.1) is 12.8 Å². The van der Waals surface area contributed by atoms with E-state index in [-0.39, 0.29) is 0 Å². The fourth-order valence-electron chi connectivity index (χ4n) is 5.11. The Labute approximate surface area is 208 Å². The van der Waals surface area contributed by atoms with Gasteiger partial charge in [-0.3, -0.25) is 14.5 Å². The van der Waals surface area contributed by atoms with E-state index in [0.29, 0.717) is 6.04 Å². The summed E-state index contributed by atoms with van der Waals surface area (Å²) in [5.74, 6) is 0.926. The normalized spacial score (nSPS) is 19.1. The van der Waals surface area contributed by atoms with Gasteiger partial charge in [-0.25, -0.2) is 0 Å². The zero-order valence-electron chi connectivity index (χ0n) is 23.1. The number of rotatable bonds is 6. The van der Waals surface area contributed by atoms with Gasteiger partial charge in [-0.15, -0.1) is 0 Å². The number of hydrogen-bond donors (Lipinski definition) is 0. The van der Waals surface area contributed by atoms with Gasteiger partial charge in [0, 0.05) is 68.8 Å². The quantitative estimate of drug-likeness (QED) is 0.566. The van der Waals surface area contributed by atoms with Gasteiger partial charge < -0.3 is 9.64 Å². The number of piperazine rings is 1. The van der Waals surface area contributed by atoms with Gasteiger partial charge in [0.15, 0.2) is 0 Å². The highest BCUT2D eigenvalue weighted by molar-refractivity contribution is 5.49. The molecule has 192 valence electrons. The fourth-order valence-corrected chi connectivity index (χ4v) is 5.11. The number of methoxy groups -OCH3 is 1. The molecule has 0 aliphatic carbocycles. The molecule has 0 bridgehead atoms. The molecule has 2 fully saturated rings. The van der Waals surface area contributed by atoms with Gasteiger partial charge >= 0.3 is 0 Å². The summed E-state index contributed by atoms with van der Waals surface area (Å²) in [6.45, 7) is 23.4. The lowest BCUT2D eigenvalue weighted by molar-refractivity contribution is 0.0885. The number of benzene rings is 1. The molecule has 34 heavy (non-hydrogen) atoms. The summed E-state index contributed by atoms with van der Waals surface area (Å²) in [6.07, 6.45) is 2.62. The van der Waals surface area contributed by atoms with Crippen LogP contribution >= 0.6 is 0 Å². The van der Waals surface area contributed by atoms with Crippen LogP contribution in [0.25, 0.3) is 0 Å². The standard InChI is InChI=1S/C24H37N5O.2C2H6/c1-5-29-20(3)24(19(2)25-29)18-26-12-6-7-22(17-26)28-15-13-27(14-16-28)21-8-10-23(30-4)11-9-21;2*1-2/h8-11,22H,5-7,12-18H2,1-4H3;2*1-2H3. The van der Waals surface area contributed by atoms with E-state index in [4.69, 9.17) is 9.84 Å². The highest BCUT2D eigenvalue weighted by Crippen LogP contribution is 2.24. The number of anilines is 1. The van der Waals surface area contributed by atoms with E-state index in [1.165, 1.54) is 48.6 Å². The smallest absolute Gasteiger partial charge is 0.119 e. The van der Waals surface area contributed by atoms with E-state index in [1.54, 1.807) is 7.11 Å². The largest absolute Gasteiger partial charge is 0.497 e. The van der Waals surface area contributed by atoms with E-state index < -0.39 is 0 Å². The third-order valence-corrected chi connectivity index (χ3v) is 6.96. The summed E-state index contributed by atoms with van der Waals surface area (Å²) in [6, 6.07) is 9.16. The molecule has 0 saturated carbocycles. The highest BCUT2D eigenvalue weighted by atomic mass is 16.5. The van der Waals surface area contributed by atoms with E-state index in [0.717, 1.165) is 45.0 Å². The molecule has 6 heteroatoms. The molecular weight excluding hydrogens is 422 g/mol. The minimum atomic E-state index is 0.679. The maximum absolute atomic E-state index is 5.29. The van der Waals surface area contributed by atoms with Crippen LogP contribution in [-0.2, 0) is 13.1 Å². The number of hydrogen-bond acceptors (Lipinski definition) is 5. The number of aryl methyl sites for hydroxylation is 2. The Morgan fingerprint density at radius 2 is 1.59 bits per heavy atom. The Kier molecular flexibility index (Phi) is 11.9. The van der Waals surface area contributed by atoms with Crippen molar-refractivity contribution in [1.82, 2.24) is 19.6 Å². The molecule has 0 spiro atoms. The first-order valence-corrected chi connectivity index (χ1v) is 13.5. The highest BCUT2D eigenvalue weighted by Gasteiger charge is 2.29. The number of aromatic nitrogens is 2. The predicted molar refractivity (Wildman–Crippen MR) is 145 cm³/mol. The van der Waals surface area contributed by atoms with E-state index in [1.807, 2.05) is 27.7 Å². The second-order valence-corrected chi connectivity index (χ2v) is 8.72. The summed E-state index contributed by atoms with van der Waals surface area (Å²) in [7, 11) is 1.72. The molecule has 1 unspecified atom stereocenters. The predicted octanol–water partition coefficient (Wildman–Crippen LogP) is 5.37. The number of piperidine rings is 1. The van der Waals surface area contributed by atoms with Crippen LogP contribution in [0.4, 0.5) is 5.69 Å². The van der Waals surface area contributed by atoms with Crippen molar-refractivity contribution < 1.29 is 4.74 Å². The lowest BCUT2D eigenvalue weighted by Gasteiger charge is -2.44. The molecular formula is C28H49N5O. The third-order valence-electron chi connectivity index (χ3n) is 6.96. The summed E-state index contributed by atoms with van der Waals surface area (Å²) in [4.78, 5) is 7.88. The SMILES string of the molecule is CC.CC.CCn1nc(C)c(CN2CCCC(N3CCN(c4ccc(OC)cc4)CC3)C2)c1C. The van der Waals surface area contributed by atoms with Crippen LogP contribution in [0.15, 0.2) is 24.3 Å². The average Bonchev–Trinajstić information content (AvgIpc) is 3.19. The molecule has 4 rings (SSSR count). The monoisotopic (exact) mass is 471 g/mol. The molecule has 0 N–H and O–H groups in total. The van der Waals surface area contributed by atoms with Crippen LogP contribution in [0, 0.1) is 13.8 Å². The van der Waals surface area contributed by atoms with Crippen molar-refractivity contribution in [2.75, 3.05) is 51.3 Å². The van der Waals surface area contributed by atoms with E-state index in [9.17, 15) is 0 Å². The van der Waals surface area contributed by atoms with Crippen molar-refractivity contribution in [1.29, 1.82) is 0 Å². The minimum Gasteiger partial charge on any atom is -0.497 e. The molecule has 2 aliphatic heterocycles. The van der Waals surface area contributed by atoms with Crippen LogP contribution in [0.3, 0.4) is 0 Å². The van der Waals surface area contributed by atoms with Crippen LogP contribution in [0.2, 0.25) is 0 Å². The number of nitrogens with zero attached hydrogens (tertiary/aromatic N) is 5. The van der Waals surface area contributed by atoms with E-state index >= 15 is 0 Å². The molecule has 1 atom stereocenters. The molecule has 3 heterocycles. The Bertz CT molecular complexity index is 824. The van der Waals surface area contributed by atoms with Crippen molar-refractivity contribution in [3.63, 3.8) is 0 Å². The van der Waals surface area contributed by atoms with Crippen molar-refractivity contribution in [3.05, 3.63) is 41.2 Å². The average molecular weight is 472 g/mol. The maximum atomic E-state index is 5.29. The second kappa shape index (κ2) is 14.4. The van der Waals surface area contributed by atoms with Crippen molar-refractivity contribution in [3.8, 4) is 5.75 Å². The Morgan fingerprint density at radius 3 is 2.15 bits per heavy atom. The number of likely N-dealkylation sites (tertiary alicyclic amines) is 1. The minimum absolute atomic E-state index is 0.679. The summed E-state index contributed by atoms with van der Waals surface area (Å²) >= 11 is 0. The first-order chi connectivity index (χ1) is 16.6. The van der Waals surface area contributed by atoms with Crippen molar-refractivity contribution in [2.45, 2.75) is 80.4 Å². The van der Waals surface area contributed by atoms with E-state index in [2.05, 4.69) is 64.4 Å². The zero-order chi connectivity index (χ0) is 25.1. The molecule has 1 aromatic heterocycles. The van der Waals surface area contributed by atoms with Crippen LogP contribution in [0.5, 0.6) is 5.75 Å². The molecule has 0 amide bonds. The summed E-state index contributed by atoms with van der Waals surface area (Å²) in [5.41, 5.74) is 5.27. The zero-order valence-corrected chi connectivity index (χ0v) is 23.1. The molecule has 2 aromatic rings. The molecule has 1 aromatic carbocycles. The lowest BCUT2D eigenvalue weighted by Crippen LogP contribution is -2.55. The first kappa shape index (κ1) is 28.2. The molecule has 6 nitrogen and oxygen atoms in total. The Balaban J connectivity index is 0.000000970. The maximum Gasteiger partial charge on any atom is 0.119 e. The third kappa shape index (κ3) is 6.98. The van der Waals surface area contributed by atoms with Crippen molar-refractivity contribution in [2.24, 2.45) is 0 Å². The molecule has 2 aliphatic rings. The number of ether oxygens (including phenoxy) is 1. The topological polar surface area (TPSA) is 36.8 Å². The van der Waals surface area contributed by atoms with Crippen molar-refractivity contribution >= 4 is 5.69 Å². The Hall–Kier alpha value is -2.05. The Morgan fingerprint density at radius 1 is 0.941 bits per heavy atom. The van der Waals surface area contributed by atoms with Gasteiger partial charge in [-0.1, -0.05) is 27.7 Å². The molecule has 2 saturated heterocycles. The molecule has 0 radical (unpaired) electrons. The lowest BCUT2D eigenvalue weighted by atomic mass is 10.0.